The van der Waals surface area contributed by atoms with Crippen LogP contribution in [0, 0.1) is 5.92 Å². The first-order valence-electron chi connectivity index (χ1n) is 6.43. The SMILES string of the molecule is CCC[C@H](C)NS(=O)(=O)c1nnc(NC(=O)C(C)C)s1. The smallest absolute Gasteiger partial charge is 0.270 e. The molecule has 1 rings (SSSR count). The van der Waals surface area contributed by atoms with E-state index in [1.54, 1.807) is 20.8 Å². The second kappa shape index (κ2) is 7.09. The van der Waals surface area contributed by atoms with Crippen LogP contribution in [0.1, 0.15) is 40.5 Å². The van der Waals surface area contributed by atoms with Gasteiger partial charge in [-0.25, -0.2) is 13.1 Å². The largest absolute Gasteiger partial charge is 0.300 e. The summed E-state index contributed by atoms with van der Waals surface area (Å²) >= 11 is 0.841. The van der Waals surface area contributed by atoms with Gasteiger partial charge in [-0.2, -0.15) is 0 Å². The number of aromatic nitrogens is 2. The van der Waals surface area contributed by atoms with Gasteiger partial charge in [0, 0.05) is 12.0 Å². The van der Waals surface area contributed by atoms with Crippen molar-refractivity contribution >= 4 is 32.4 Å². The van der Waals surface area contributed by atoms with Gasteiger partial charge in [-0.3, -0.25) is 4.79 Å². The molecule has 0 spiro atoms. The van der Waals surface area contributed by atoms with E-state index in [-0.39, 0.29) is 27.3 Å². The Hall–Kier alpha value is -1.06. The lowest BCUT2D eigenvalue weighted by Crippen LogP contribution is -2.32. The lowest BCUT2D eigenvalue weighted by molar-refractivity contribution is -0.118. The van der Waals surface area contributed by atoms with Crippen molar-refractivity contribution in [1.29, 1.82) is 0 Å². The molecule has 0 aliphatic rings. The molecule has 114 valence electrons. The first-order chi connectivity index (χ1) is 9.26. The molecule has 0 fully saturated rings. The van der Waals surface area contributed by atoms with Gasteiger partial charge in [0.15, 0.2) is 0 Å². The van der Waals surface area contributed by atoms with Crippen LogP contribution in [0.25, 0.3) is 0 Å². The molecule has 1 aromatic rings. The maximum absolute atomic E-state index is 12.0. The monoisotopic (exact) mass is 320 g/mol. The molecule has 20 heavy (non-hydrogen) atoms. The highest BCUT2D eigenvalue weighted by Crippen LogP contribution is 2.20. The molecular formula is C11H20N4O3S2. The summed E-state index contributed by atoms with van der Waals surface area (Å²) in [4.78, 5) is 11.5. The summed E-state index contributed by atoms with van der Waals surface area (Å²) in [5.41, 5.74) is 0. The zero-order valence-corrected chi connectivity index (χ0v) is 13.6. The summed E-state index contributed by atoms with van der Waals surface area (Å²) in [6.45, 7) is 7.25. The topological polar surface area (TPSA) is 101 Å². The van der Waals surface area contributed by atoms with Gasteiger partial charge in [-0.1, -0.05) is 38.5 Å². The van der Waals surface area contributed by atoms with E-state index in [1.165, 1.54) is 0 Å². The fourth-order valence-electron chi connectivity index (χ4n) is 1.43. The molecule has 2 N–H and O–H groups in total. The zero-order valence-electron chi connectivity index (χ0n) is 12.0. The summed E-state index contributed by atoms with van der Waals surface area (Å²) in [5, 5.41) is 10.0. The normalized spacial score (nSPS) is 13.4. The minimum absolute atomic E-state index is 0.139. The zero-order chi connectivity index (χ0) is 15.3. The minimum Gasteiger partial charge on any atom is -0.300 e. The van der Waals surface area contributed by atoms with Crippen molar-refractivity contribution in [2.24, 2.45) is 5.92 Å². The third-order valence-electron chi connectivity index (χ3n) is 2.47. The van der Waals surface area contributed by atoms with Crippen molar-refractivity contribution < 1.29 is 13.2 Å². The number of amides is 1. The predicted molar refractivity (Wildman–Crippen MR) is 78.1 cm³/mol. The molecule has 9 heteroatoms. The number of nitrogens with one attached hydrogen (secondary N) is 2. The average molecular weight is 320 g/mol. The van der Waals surface area contributed by atoms with Gasteiger partial charge >= 0.3 is 0 Å². The lowest BCUT2D eigenvalue weighted by atomic mass is 10.2. The Balaban J connectivity index is 2.77. The van der Waals surface area contributed by atoms with Crippen LogP contribution in [-0.2, 0) is 14.8 Å². The van der Waals surface area contributed by atoms with Gasteiger partial charge in [0.05, 0.1) is 0 Å². The van der Waals surface area contributed by atoms with Gasteiger partial charge in [-0.15, -0.1) is 10.2 Å². The highest BCUT2D eigenvalue weighted by atomic mass is 32.2. The highest BCUT2D eigenvalue weighted by Gasteiger charge is 2.23. The molecule has 0 aliphatic carbocycles. The molecule has 7 nitrogen and oxygen atoms in total. The third-order valence-corrected chi connectivity index (χ3v) is 5.26. The van der Waals surface area contributed by atoms with Gasteiger partial charge in [0.25, 0.3) is 10.0 Å². The Morgan fingerprint density at radius 1 is 1.30 bits per heavy atom. The number of carbonyl (C=O) groups is 1. The number of rotatable bonds is 7. The van der Waals surface area contributed by atoms with Crippen LogP contribution < -0.4 is 10.0 Å². The number of hydrogen-bond donors (Lipinski definition) is 2. The first-order valence-corrected chi connectivity index (χ1v) is 8.73. The number of sulfonamides is 1. The number of anilines is 1. The van der Waals surface area contributed by atoms with Crippen molar-refractivity contribution in [2.75, 3.05) is 5.32 Å². The van der Waals surface area contributed by atoms with Gasteiger partial charge in [-0.05, 0) is 13.3 Å². The fraction of sp³-hybridized carbons (Fsp3) is 0.727. The standard InChI is InChI=1S/C11H20N4O3S2/c1-5-6-8(4)15-20(17,18)11-14-13-10(19-11)12-9(16)7(2)3/h7-8,15H,5-6H2,1-4H3,(H,12,13,16)/t8-/m0/s1. The lowest BCUT2D eigenvalue weighted by Gasteiger charge is -2.10. The molecule has 0 saturated heterocycles. The predicted octanol–water partition coefficient (Wildman–Crippen LogP) is 1.60. The van der Waals surface area contributed by atoms with E-state index < -0.39 is 10.0 Å². The molecule has 0 saturated carbocycles. The highest BCUT2D eigenvalue weighted by molar-refractivity contribution is 7.91. The molecule has 0 radical (unpaired) electrons. The van der Waals surface area contributed by atoms with Crippen molar-refractivity contribution in [3.05, 3.63) is 0 Å². The molecule has 0 aliphatic heterocycles. The summed E-state index contributed by atoms with van der Waals surface area (Å²) in [5.74, 6) is -0.431. The number of nitrogens with zero attached hydrogens (tertiary/aromatic N) is 2. The summed E-state index contributed by atoms with van der Waals surface area (Å²) in [7, 11) is -3.67. The van der Waals surface area contributed by atoms with Crippen LogP contribution in [0.2, 0.25) is 0 Å². The molecular weight excluding hydrogens is 300 g/mol. The van der Waals surface area contributed by atoms with Gasteiger partial charge < -0.3 is 5.32 Å². The van der Waals surface area contributed by atoms with Crippen LogP contribution in [-0.4, -0.2) is 30.6 Å². The van der Waals surface area contributed by atoms with E-state index in [9.17, 15) is 13.2 Å². The Bertz CT molecular complexity index is 554. The van der Waals surface area contributed by atoms with Crippen molar-refractivity contribution in [3.63, 3.8) is 0 Å². The number of hydrogen-bond acceptors (Lipinski definition) is 6. The quantitative estimate of drug-likeness (QED) is 0.743. The molecule has 1 atom stereocenters. The van der Waals surface area contributed by atoms with Crippen molar-refractivity contribution in [3.8, 4) is 0 Å². The third kappa shape index (κ3) is 4.80. The van der Waals surface area contributed by atoms with E-state index in [1.807, 2.05) is 6.92 Å². The van der Waals surface area contributed by atoms with Crippen LogP contribution in [0.5, 0.6) is 0 Å². The van der Waals surface area contributed by atoms with Crippen molar-refractivity contribution in [1.82, 2.24) is 14.9 Å². The fourth-order valence-corrected chi connectivity index (χ4v) is 3.62. The first kappa shape index (κ1) is 17.0. The molecule has 0 aromatic carbocycles. The Morgan fingerprint density at radius 2 is 1.95 bits per heavy atom. The Morgan fingerprint density at radius 3 is 2.50 bits per heavy atom. The van der Waals surface area contributed by atoms with Crippen LogP contribution in [0.3, 0.4) is 0 Å². The van der Waals surface area contributed by atoms with Gasteiger partial charge in [0.2, 0.25) is 15.4 Å². The molecule has 0 unspecified atom stereocenters. The van der Waals surface area contributed by atoms with E-state index >= 15 is 0 Å². The Kier molecular flexibility index (Phi) is 6.03. The number of carbonyl (C=O) groups excluding carboxylic acids is 1. The van der Waals surface area contributed by atoms with E-state index in [0.717, 1.165) is 24.2 Å². The molecule has 1 amide bonds. The van der Waals surface area contributed by atoms with Crippen LogP contribution in [0.15, 0.2) is 4.34 Å². The van der Waals surface area contributed by atoms with Crippen LogP contribution >= 0.6 is 11.3 Å². The second-order valence-electron chi connectivity index (χ2n) is 4.83. The Labute approximate surface area is 123 Å². The molecule has 0 bridgehead atoms. The average Bonchev–Trinajstić information content (AvgIpc) is 2.77. The molecule has 1 aromatic heterocycles. The minimum atomic E-state index is -3.67. The second-order valence-corrected chi connectivity index (χ2v) is 7.69. The van der Waals surface area contributed by atoms with E-state index in [0.29, 0.717) is 0 Å². The van der Waals surface area contributed by atoms with E-state index in [2.05, 4.69) is 20.2 Å². The van der Waals surface area contributed by atoms with Crippen molar-refractivity contribution in [2.45, 2.75) is 50.9 Å². The van der Waals surface area contributed by atoms with Crippen LogP contribution in [0.4, 0.5) is 5.13 Å². The maximum Gasteiger partial charge on any atom is 0.270 e. The maximum atomic E-state index is 12.0. The van der Waals surface area contributed by atoms with E-state index in [4.69, 9.17) is 0 Å². The van der Waals surface area contributed by atoms with Gasteiger partial charge in [0.1, 0.15) is 0 Å². The summed E-state index contributed by atoms with van der Waals surface area (Å²) in [6, 6.07) is -0.164. The molecule has 1 heterocycles. The summed E-state index contributed by atoms with van der Waals surface area (Å²) < 4.78 is 26.5. The summed E-state index contributed by atoms with van der Waals surface area (Å²) in [6.07, 6.45) is 1.63.